The van der Waals surface area contributed by atoms with Gasteiger partial charge in [0.25, 0.3) is 0 Å². The first kappa shape index (κ1) is 29.7. The van der Waals surface area contributed by atoms with Crippen LogP contribution in [-0.4, -0.2) is 32.3 Å². The van der Waals surface area contributed by atoms with E-state index in [1.807, 2.05) is 35.2 Å². The molecule has 0 fully saturated rings. The SMILES string of the molecule is CCCCC1(CCCC)CN(c2ccccc2)c2cc(F)c(O/C=C/C(=O)OC(C)(C)C)cc2S(=O)(=O)C1. The number of hydrogen-bond acceptors (Lipinski definition) is 6. The molecule has 0 aromatic heterocycles. The molecule has 0 radical (unpaired) electrons. The lowest BCUT2D eigenvalue weighted by Gasteiger charge is -2.37. The smallest absolute Gasteiger partial charge is 0.334 e. The summed E-state index contributed by atoms with van der Waals surface area (Å²) in [5.74, 6) is -1.65. The van der Waals surface area contributed by atoms with E-state index in [1.165, 1.54) is 12.1 Å². The molecule has 2 aromatic rings. The molecule has 208 valence electrons. The molecule has 6 nitrogen and oxygen atoms in total. The quantitative estimate of drug-likeness (QED) is 0.134. The first-order valence-corrected chi connectivity index (χ1v) is 15.0. The fraction of sp³-hybridized carbons (Fsp3) is 0.500. The van der Waals surface area contributed by atoms with Crippen LogP contribution in [-0.2, 0) is 19.4 Å². The van der Waals surface area contributed by atoms with Gasteiger partial charge in [-0.3, -0.25) is 0 Å². The van der Waals surface area contributed by atoms with Gasteiger partial charge in [0.05, 0.1) is 28.7 Å². The number of nitrogens with zero attached hydrogens (tertiary/aromatic N) is 1. The van der Waals surface area contributed by atoms with Gasteiger partial charge in [-0.25, -0.2) is 17.6 Å². The van der Waals surface area contributed by atoms with E-state index in [9.17, 15) is 13.2 Å². The van der Waals surface area contributed by atoms with E-state index in [2.05, 4.69) is 13.8 Å². The molecule has 1 aliphatic rings. The summed E-state index contributed by atoms with van der Waals surface area (Å²) >= 11 is 0. The molecule has 0 saturated carbocycles. The van der Waals surface area contributed by atoms with Gasteiger partial charge >= 0.3 is 5.97 Å². The molecule has 0 saturated heterocycles. The summed E-state index contributed by atoms with van der Waals surface area (Å²) in [6, 6.07) is 12.0. The average Bonchev–Trinajstić information content (AvgIpc) is 2.93. The lowest BCUT2D eigenvalue weighted by atomic mass is 9.79. The van der Waals surface area contributed by atoms with Gasteiger partial charge < -0.3 is 14.4 Å². The molecular formula is C30H40FNO5S. The minimum Gasteiger partial charge on any atom is -0.462 e. The van der Waals surface area contributed by atoms with Gasteiger partial charge in [0, 0.05) is 29.8 Å². The first-order chi connectivity index (χ1) is 17.9. The van der Waals surface area contributed by atoms with Crippen LogP contribution < -0.4 is 9.64 Å². The Kier molecular flexibility index (Phi) is 9.63. The van der Waals surface area contributed by atoms with Crippen LogP contribution in [0.5, 0.6) is 5.75 Å². The summed E-state index contributed by atoms with van der Waals surface area (Å²) in [6.45, 7) is 9.88. The van der Waals surface area contributed by atoms with Crippen molar-refractivity contribution < 1.29 is 27.1 Å². The Morgan fingerprint density at radius 3 is 2.29 bits per heavy atom. The average molecular weight is 546 g/mol. The van der Waals surface area contributed by atoms with Crippen LogP contribution >= 0.6 is 0 Å². The molecule has 8 heteroatoms. The highest BCUT2D eigenvalue weighted by Gasteiger charge is 2.42. The van der Waals surface area contributed by atoms with Gasteiger partial charge in [-0.1, -0.05) is 57.7 Å². The van der Waals surface area contributed by atoms with E-state index in [0.29, 0.717) is 12.2 Å². The lowest BCUT2D eigenvalue weighted by molar-refractivity contribution is -0.148. The predicted molar refractivity (Wildman–Crippen MR) is 149 cm³/mol. The van der Waals surface area contributed by atoms with Crippen molar-refractivity contribution in [1.29, 1.82) is 0 Å². The minimum atomic E-state index is -3.80. The largest absolute Gasteiger partial charge is 0.462 e. The number of halogens is 1. The summed E-state index contributed by atoms with van der Waals surface area (Å²) in [7, 11) is -3.80. The summed E-state index contributed by atoms with van der Waals surface area (Å²) in [4.78, 5) is 13.9. The summed E-state index contributed by atoms with van der Waals surface area (Å²) in [5.41, 5.74) is -0.0603. The molecule has 1 aliphatic heterocycles. The molecule has 0 N–H and O–H groups in total. The standard InChI is InChI=1S/C30H40FNO5S/c1-6-8-16-30(17-9-7-2)21-32(23-13-11-10-12-14-23)25-19-24(31)26(20-27(25)38(34,35)22-30)36-18-15-28(33)37-29(3,4)5/h10-15,18-20H,6-9,16-17,21-22H2,1-5H3/b18-15+. The third-order valence-corrected chi connectivity index (χ3v) is 8.61. The molecule has 0 amide bonds. The lowest BCUT2D eigenvalue weighted by Crippen LogP contribution is -2.38. The fourth-order valence-corrected chi connectivity index (χ4v) is 7.01. The highest BCUT2D eigenvalue weighted by Crippen LogP contribution is 2.46. The summed E-state index contributed by atoms with van der Waals surface area (Å²) in [6.07, 6.45) is 7.35. The molecular weight excluding hydrogens is 505 g/mol. The monoisotopic (exact) mass is 545 g/mol. The molecule has 0 bridgehead atoms. The molecule has 0 atom stereocenters. The molecule has 0 unspecified atom stereocenters. The van der Waals surface area contributed by atoms with Gasteiger partial charge in [-0.05, 0) is 45.7 Å². The number of benzene rings is 2. The van der Waals surface area contributed by atoms with E-state index in [-0.39, 0.29) is 16.4 Å². The number of carbonyl (C=O) groups is 1. The van der Waals surface area contributed by atoms with E-state index in [0.717, 1.165) is 56.6 Å². The first-order valence-electron chi connectivity index (χ1n) is 13.3. The Balaban J connectivity index is 2.08. The van der Waals surface area contributed by atoms with Crippen molar-refractivity contribution in [2.45, 2.75) is 83.6 Å². The predicted octanol–water partition coefficient (Wildman–Crippen LogP) is 7.35. The highest BCUT2D eigenvalue weighted by atomic mass is 32.2. The second kappa shape index (κ2) is 12.3. The molecule has 2 aromatic carbocycles. The van der Waals surface area contributed by atoms with Gasteiger partial charge in [-0.2, -0.15) is 0 Å². The van der Waals surface area contributed by atoms with Gasteiger partial charge in [-0.15, -0.1) is 0 Å². The van der Waals surface area contributed by atoms with Crippen molar-refractivity contribution in [3.05, 3.63) is 60.6 Å². The number of anilines is 2. The Bertz CT molecular complexity index is 1230. The molecule has 0 aliphatic carbocycles. The van der Waals surface area contributed by atoms with Gasteiger partial charge in [0.15, 0.2) is 21.4 Å². The van der Waals surface area contributed by atoms with Gasteiger partial charge in [0.1, 0.15) is 5.60 Å². The summed E-state index contributed by atoms with van der Waals surface area (Å²) < 4.78 is 53.8. The number of unbranched alkanes of at least 4 members (excludes halogenated alkanes) is 2. The van der Waals surface area contributed by atoms with Crippen molar-refractivity contribution in [1.82, 2.24) is 0 Å². The zero-order valence-electron chi connectivity index (χ0n) is 23.1. The second-order valence-corrected chi connectivity index (χ2v) is 13.1. The van der Waals surface area contributed by atoms with Crippen LogP contribution in [0, 0.1) is 11.2 Å². The van der Waals surface area contributed by atoms with E-state index in [4.69, 9.17) is 9.47 Å². The maximum atomic E-state index is 15.3. The Labute approximate surface area is 226 Å². The van der Waals surface area contributed by atoms with Crippen LogP contribution in [0.4, 0.5) is 15.8 Å². The number of carbonyl (C=O) groups excluding carboxylic acids is 1. The fourth-order valence-electron chi connectivity index (χ4n) is 4.89. The van der Waals surface area contributed by atoms with E-state index in [1.54, 1.807) is 20.8 Å². The van der Waals surface area contributed by atoms with Crippen molar-refractivity contribution >= 4 is 27.2 Å². The van der Waals surface area contributed by atoms with Crippen molar-refractivity contribution in [2.24, 2.45) is 5.41 Å². The van der Waals surface area contributed by atoms with Crippen molar-refractivity contribution in [2.75, 3.05) is 17.2 Å². The normalized spacial score (nSPS) is 16.6. The number of fused-ring (bicyclic) bond motifs is 1. The third-order valence-electron chi connectivity index (χ3n) is 6.62. The second-order valence-electron chi connectivity index (χ2n) is 11.1. The zero-order chi connectivity index (χ0) is 28.0. The molecule has 3 rings (SSSR count). The minimum absolute atomic E-state index is 0.0187. The third kappa shape index (κ3) is 7.59. The van der Waals surface area contributed by atoms with Crippen molar-refractivity contribution in [3.8, 4) is 5.75 Å². The highest BCUT2D eigenvalue weighted by molar-refractivity contribution is 7.91. The Morgan fingerprint density at radius 1 is 1.08 bits per heavy atom. The van der Waals surface area contributed by atoms with Crippen LogP contribution in [0.15, 0.2) is 59.7 Å². The topological polar surface area (TPSA) is 72.9 Å². The van der Waals surface area contributed by atoms with E-state index >= 15 is 4.39 Å². The zero-order valence-corrected chi connectivity index (χ0v) is 23.9. The number of sulfone groups is 1. The Morgan fingerprint density at radius 2 is 1.71 bits per heavy atom. The summed E-state index contributed by atoms with van der Waals surface area (Å²) in [5, 5.41) is 0. The van der Waals surface area contributed by atoms with Gasteiger partial charge in [0.2, 0.25) is 0 Å². The Hall–Kier alpha value is -2.87. The maximum Gasteiger partial charge on any atom is 0.334 e. The number of ether oxygens (including phenoxy) is 2. The molecule has 38 heavy (non-hydrogen) atoms. The van der Waals surface area contributed by atoms with Crippen molar-refractivity contribution in [3.63, 3.8) is 0 Å². The van der Waals surface area contributed by atoms with E-state index < -0.39 is 32.6 Å². The number of esters is 1. The van der Waals surface area contributed by atoms with Crippen LogP contribution in [0.25, 0.3) is 0 Å². The van der Waals surface area contributed by atoms with Crippen LogP contribution in [0.2, 0.25) is 0 Å². The number of hydrogen-bond donors (Lipinski definition) is 0. The molecule has 1 heterocycles. The van der Waals surface area contributed by atoms with Crippen LogP contribution in [0.3, 0.4) is 0 Å². The molecule has 0 spiro atoms. The number of rotatable bonds is 10. The maximum absolute atomic E-state index is 15.3. The van der Waals surface area contributed by atoms with Crippen LogP contribution in [0.1, 0.15) is 73.1 Å². The number of para-hydroxylation sites is 1.